The second-order valence-electron chi connectivity index (χ2n) is 3.12. The summed E-state index contributed by atoms with van der Waals surface area (Å²) in [5.41, 5.74) is -0.689. The van der Waals surface area contributed by atoms with Crippen LogP contribution in [0.1, 0.15) is 13.8 Å². The van der Waals surface area contributed by atoms with E-state index in [0.29, 0.717) is 6.54 Å². The lowest BCUT2D eigenvalue weighted by Crippen LogP contribution is -2.27. The van der Waals surface area contributed by atoms with Gasteiger partial charge in [-0.15, -0.1) is 0 Å². The maximum atomic E-state index is 9.45. The zero-order chi connectivity index (χ0) is 8.48. The minimum absolute atomic E-state index is 0.540. The lowest BCUT2D eigenvalue weighted by Gasteiger charge is -2.17. The van der Waals surface area contributed by atoms with Gasteiger partial charge in [0.15, 0.2) is 0 Å². The second-order valence-corrected chi connectivity index (χ2v) is 4.23. The molecule has 1 aromatic rings. The summed E-state index contributed by atoms with van der Waals surface area (Å²) in [6.45, 7) is 4.08. The Morgan fingerprint density at radius 2 is 2.36 bits per heavy atom. The van der Waals surface area contributed by atoms with Crippen LogP contribution >= 0.6 is 22.6 Å². The monoisotopic (exact) mass is 266 g/mol. The predicted octanol–water partition coefficient (Wildman–Crippen LogP) is 1.26. The van der Waals surface area contributed by atoms with Gasteiger partial charge in [0.1, 0.15) is 0 Å². The summed E-state index contributed by atoms with van der Waals surface area (Å²) in [6, 6.07) is 1.91. The molecule has 0 radical (unpaired) electrons. The third kappa shape index (κ3) is 2.78. The molecule has 11 heavy (non-hydrogen) atoms. The first-order chi connectivity index (χ1) is 4.99. The van der Waals surface area contributed by atoms with Crippen molar-refractivity contribution in [2.24, 2.45) is 0 Å². The fourth-order valence-electron chi connectivity index (χ4n) is 0.799. The van der Waals surface area contributed by atoms with Crippen molar-refractivity contribution in [3.05, 3.63) is 16.0 Å². The summed E-state index contributed by atoms with van der Waals surface area (Å²) in [4.78, 5) is 0. The fraction of sp³-hybridized carbons (Fsp3) is 0.571. The molecule has 0 atom stereocenters. The molecule has 1 heterocycles. The smallest absolute Gasteiger partial charge is 0.0990 e. The number of aromatic nitrogens is 2. The van der Waals surface area contributed by atoms with Gasteiger partial charge in [0, 0.05) is 0 Å². The van der Waals surface area contributed by atoms with Gasteiger partial charge in [0.25, 0.3) is 0 Å². The normalized spacial score (nSPS) is 12.0. The second kappa shape index (κ2) is 3.10. The van der Waals surface area contributed by atoms with Gasteiger partial charge in [-0.1, -0.05) is 0 Å². The van der Waals surface area contributed by atoms with Crippen LogP contribution in [0.25, 0.3) is 0 Å². The van der Waals surface area contributed by atoms with Gasteiger partial charge in [-0.2, -0.15) is 5.10 Å². The Hall–Kier alpha value is -0.100. The van der Waals surface area contributed by atoms with Gasteiger partial charge in [-0.3, -0.25) is 4.68 Å². The van der Waals surface area contributed by atoms with E-state index in [0.717, 1.165) is 3.70 Å². The van der Waals surface area contributed by atoms with Gasteiger partial charge in [-0.05, 0) is 42.5 Å². The quantitative estimate of drug-likeness (QED) is 0.818. The van der Waals surface area contributed by atoms with Crippen LogP contribution in [-0.2, 0) is 6.54 Å². The first-order valence-corrected chi connectivity index (χ1v) is 4.46. The molecule has 0 saturated heterocycles. The van der Waals surface area contributed by atoms with Crippen molar-refractivity contribution in [2.75, 3.05) is 0 Å². The molecule has 0 aliphatic heterocycles. The number of halogens is 1. The van der Waals surface area contributed by atoms with E-state index in [-0.39, 0.29) is 0 Å². The molecule has 1 N–H and O–H groups in total. The van der Waals surface area contributed by atoms with E-state index in [9.17, 15) is 5.11 Å². The molecule has 0 amide bonds. The van der Waals surface area contributed by atoms with Gasteiger partial charge < -0.3 is 5.11 Å². The molecule has 0 spiro atoms. The van der Waals surface area contributed by atoms with E-state index < -0.39 is 5.60 Å². The Balaban J connectivity index is 2.72. The molecule has 1 aromatic heterocycles. The standard InChI is InChI=1S/C7H11IN2O/c1-7(2,11)5-10-6(8)3-4-9-10/h3-4,11H,5H2,1-2H3. The average molecular weight is 266 g/mol. The van der Waals surface area contributed by atoms with Crippen molar-refractivity contribution in [1.82, 2.24) is 9.78 Å². The third-order valence-electron chi connectivity index (χ3n) is 1.20. The summed E-state index contributed by atoms with van der Waals surface area (Å²) < 4.78 is 2.82. The van der Waals surface area contributed by atoms with E-state index >= 15 is 0 Å². The molecule has 62 valence electrons. The number of nitrogens with zero attached hydrogens (tertiary/aromatic N) is 2. The third-order valence-corrected chi connectivity index (χ3v) is 2.12. The number of rotatable bonds is 2. The maximum absolute atomic E-state index is 9.45. The predicted molar refractivity (Wildman–Crippen MR) is 51.2 cm³/mol. The van der Waals surface area contributed by atoms with Crippen LogP contribution in [0.3, 0.4) is 0 Å². The van der Waals surface area contributed by atoms with E-state index in [1.54, 1.807) is 24.7 Å². The lowest BCUT2D eigenvalue weighted by molar-refractivity contribution is 0.0569. The minimum Gasteiger partial charge on any atom is -0.389 e. The van der Waals surface area contributed by atoms with Crippen LogP contribution in [-0.4, -0.2) is 20.5 Å². The van der Waals surface area contributed by atoms with Crippen LogP contribution in [0.5, 0.6) is 0 Å². The summed E-state index contributed by atoms with van der Waals surface area (Å²) >= 11 is 2.18. The molecular formula is C7H11IN2O. The SMILES string of the molecule is CC(C)(O)Cn1nccc1I. The zero-order valence-electron chi connectivity index (χ0n) is 6.58. The Labute approximate surface area is 79.6 Å². The van der Waals surface area contributed by atoms with Crippen molar-refractivity contribution in [3.8, 4) is 0 Å². The molecule has 4 heteroatoms. The Bertz CT molecular complexity index is 239. The van der Waals surface area contributed by atoms with Crippen LogP contribution in [0.4, 0.5) is 0 Å². The summed E-state index contributed by atoms with van der Waals surface area (Å²) in [5.74, 6) is 0. The van der Waals surface area contributed by atoms with Crippen LogP contribution in [0, 0.1) is 3.70 Å². The number of hydrogen-bond donors (Lipinski definition) is 1. The zero-order valence-corrected chi connectivity index (χ0v) is 8.74. The molecule has 0 saturated carbocycles. The van der Waals surface area contributed by atoms with Crippen LogP contribution < -0.4 is 0 Å². The Morgan fingerprint density at radius 3 is 2.73 bits per heavy atom. The molecule has 0 aliphatic rings. The average Bonchev–Trinajstić information content (AvgIpc) is 2.12. The highest BCUT2D eigenvalue weighted by atomic mass is 127. The van der Waals surface area contributed by atoms with Crippen LogP contribution in [0.2, 0.25) is 0 Å². The highest BCUT2D eigenvalue weighted by molar-refractivity contribution is 14.1. The fourth-order valence-corrected chi connectivity index (χ4v) is 1.26. The van der Waals surface area contributed by atoms with Crippen molar-refractivity contribution in [2.45, 2.75) is 26.0 Å². The van der Waals surface area contributed by atoms with E-state index in [2.05, 4.69) is 27.7 Å². The summed E-state index contributed by atoms with van der Waals surface area (Å²) in [6.07, 6.45) is 1.73. The van der Waals surface area contributed by atoms with Crippen molar-refractivity contribution in [1.29, 1.82) is 0 Å². The molecular weight excluding hydrogens is 255 g/mol. The molecule has 0 unspecified atom stereocenters. The Kier molecular flexibility index (Phi) is 2.54. The largest absolute Gasteiger partial charge is 0.389 e. The number of hydrogen-bond acceptors (Lipinski definition) is 2. The topological polar surface area (TPSA) is 38.0 Å². The van der Waals surface area contributed by atoms with Crippen molar-refractivity contribution in [3.63, 3.8) is 0 Å². The van der Waals surface area contributed by atoms with Gasteiger partial charge >= 0.3 is 0 Å². The van der Waals surface area contributed by atoms with Crippen molar-refractivity contribution >= 4 is 22.6 Å². The van der Waals surface area contributed by atoms with Gasteiger partial charge in [-0.25, -0.2) is 0 Å². The first-order valence-electron chi connectivity index (χ1n) is 3.39. The van der Waals surface area contributed by atoms with E-state index in [1.165, 1.54) is 0 Å². The van der Waals surface area contributed by atoms with Gasteiger partial charge in [0.2, 0.25) is 0 Å². The summed E-state index contributed by atoms with van der Waals surface area (Å²) in [5, 5.41) is 13.5. The molecule has 1 rings (SSSR count). The maximum Gasteiger partial charge on any atom is 0.0990 e. The highest BCUT2D eigenvalue weighted by Gasteiger charge is 2.14. The minimum atomic E-state index is -0.689. The highest BCUT2D eigenvalue weighted by Crippen LogP contribution is 2.09. The molecule has 0 aliphatic carbocycles. The van der Waals surface area contributed by atoms with E-state index in [4.69, 9.17) is 0 Å². The van der Waals surface area contributed by atoms with Crippen LogP contribution in [0.15, 0.2) is 12.3 Å². The summed E-state index contributed by atoms with van der Waals surface area (Å²) in [7, 11) is 0. The first kappa shape index (κ1) is 8.99. The van der Waals surface area contributed by atoms with E-state index in [1.807, 2.05) is 6.07 Å². The molecule has 0 bridgehead atoms. The van der Waals surface area contributed by atoms with Crippen molar-refractivity contribution < 1.29 is 5.11 Å². The lowest BCUT2D eigenvalue weighted by atomic mass is 10.1. The molecule has 0 fully saturated rings. The number of aliphatic hydroxyl groups is 1. The Morgan fingerprint density at radius 1 is 1.73 bits per heavy atom. The van der Waals surface area contributed by atoms with Gasteiger partial charge in [0.05, 0.1) is 22.0 Å². The molecule has 0 aromatic carbocycles. The molecule has 3 nitrogen and oxygen atoms in total.